The highest BCUT2D eigenvalue weighted by molar-refractivity contribution is 5.26. The van der Waals surface area contributed by atoms with E-state index in [1.165, 1.54) is 24.1 Å². The first-order valence-corrected chi connectivity index (χ1v) is 5.07. The van der Waals surface area contributed by atoms with Crippen LogP contribution in [0.2, 0.25) is 0 Å². The molecule has 1 aliphatic rings. The van der Waals surface area contributed by atoms with Gasteiger partial charge in [0.1, 0.15) is 0 Å². The fraction of sp³-hybridized carbons (Fsp3) is 0.500. The molecule has 1 aromatic rings. The van der Waals surface area contributed by atoms with Gasteiger partial charge in [0.15, 0.2) is 0 Å². The molecular formula is C12H17N. The van der Waals surface area contributed by atoms with Crippen molar-refractivity contribution in [1.82, 2.24) is 5.32 Å². The third-order valence-electron chi connectivity index (χ3n) is 3.03. The molecule has 1 aliphatic heterocycles. The minimum absolute atomic E-state index is 0.641. The van der Waals surface area contributed by atoms with Crippen molar-refractivity contribution in [3.05, 3.63) is 35.4 Å². The first kappa shape index (κ1) is 8.76. The molecule has 1 saturated heterocycles. The molecule has 0 spiro atoms. The average Bonchev–Trinajstić information content (AvgIpc) is 2.53. The van der Waals surface area contributed by atoms with E-state index in [0.29, 0.717) is 6.04 Å². The lowest BCUT2D eigenvalue weighted by atomic mass is 9.92. The van der Waals surface area contributed by atoms with Crippen molar-refractivity contribution in [2.24, 2.45) is 0 Å². The van der Waals surface area contributed by atoms with E-state index < -0.39 is 0 Å². The Hall–Kier alpha value is -0.820. The summed E-state index contributed by atoms with van der Waals surface area (Å²) < 4.78 is 0. The second-order valence-corrected chi connectivity index (χ2v) is 4.05. The molecule has 1 nitrogen and oxygen atoms in total. The quantitative estimate of drug-likeness (QED) is 0.691. The Morgan fingerprint density at radius 2 is 1.92 bits per heavy atom. The van der Waals surface area contributed by atoms with E-state index in [9.17, 15) is 0 Å². The van der Waals surface area contributed by atoms with Crippen LogP contribution < -0.4 is 5.32 Å². The number of hydrogen-bond acceptors (Lipinski definition) is 1. The molecule has 2 atom stereocenters. The number of rotatable bonds is 1. The number of hydrogen-bond donors (Lipinski definition) is 1. The summed E-state index contributed by atoms with van der Waals surface area (Å²) in [5.74, 6) is 0.723. The van der Waals surface area contributed by atoms with Crippen molar-refractivity contribution in [3.63, 3.8) is 0 Å². The summed E-state index contributed by atoms with van der Waals surface area (Å²) in [6.45, 7) is 5.58. The molecular weight excluding hydrogens is 158 g/mol. The summed E-state index contributed by atoms with van der Waals surface area (Å²) in [6.07, 6.45) is 1.28. The second-order valence-electron chi connectivity index (χ2n) is 4.05. The third kappa shape index (κ3) is 1.75. The van der Waals surface area contributed by atoms with E-state index in [-0.39, 0.29) is 0 Å². The minimum Gasteiger partial charge on any atom is -0.314 e. The second kappa shape index (κ2) is 3.51. The number of aryl methyl sites for hydroxylation is 1. The monoisotopic (exact) mass is 175 g/mol. The van der Waals surface area contributed by atoms with Crippen LogP contribution in [0.3, 0.4) is 0 Å². The van der Waals surface area contributed by atoms with Crippen molar-refractivity contribution >= 4 is 0 Å². The Kier molecular flexibility index (Phi) is 2.36. The summed E-state index contributed by atoms with van der Waals surface area (Å²) >= 11 is 0. The van der Waals surface area contributed by atoms with Crippen LogP contribution in [0.15, 0.2) is 24.3 Å². The van der Waals surface area contributed by atoms with E-state index in [4.69, 9.17) is 0 Å². The zero-order chi connectivity index (χ0) is 9.26. The van der Waals surface area contributed by atoms with Crippen LogP contribution in [0.25, 0.3) is 0 Å². The van der Waals surface area contributed by atoms with Gasteiger partial charge < -0.3 is 5.32 Å². The third-order valence-corrected chi connectivity index (χ3v) is 3.03. The summed E-state index contributed by atoms with van der Waals surface area (Å²) in [5.41, 5.74) is 2.84. The standard InChI is InChI=1S/C12H17N/c1-9-3-5-11(6-4-9)12-7-8-13-10(12)2/h3-6,10,12-13H,7-8H2,1-2H3/t10-,12?/m1/s1. The molecule has 0 bridgehead atoms. The van der Waals surface area contributed by atoms with Crippen LogP contribution in [-0.2, 0) is 0 Å². The van der Waals surface area contributed by atoms with Gasteiger partial charge in [-0.05, 0) is 32.4 Å². The molecule has 1 aromatic carbocycles. The van der Waals surface area contributed by atoms with Crippen LogP contribution >= 0.6 is 0 Å². The lowest BCUT2D eigenvalue weighted by Gasteiger charge is -2.15. The van der Waals surface area contributed by atoms with Crippen molar-refractivity contribution in [2.45, 2.75) is 32.2 Å². The zero-order valence-electron chi connectivity index (χ0n) is 8.38. The molecule has 2 rings (SSSR count). The minimum atomic E-state index is 0.641. The molecule has 70 valence electrons. The highest BCUT2D eigenvalue weighted by Gasteiger charge is 2.23. The molecule has 0 saturated carbocycles. The van der Waals surface area contributed by atoms with E-state index in [0.717, 1.165) is 5.92 Å². The molecule has 0 aliphatic carbocycles. The Balaban J connectivity index is 2.20. The van der Waals surface area contributed by atoms with Crippen LogP contribution in [0.4, 0.5) is 0 Å². The SMILES string of the molecule is Cc1ccc(C2CCN[C@@H]2C)cc1. The molecule has 1 fully saturated rings. The molecule has 13 heavy (non-hydrogen) atoms. The van der Waals surface area contributed by atoms with Gasteiger partial charge >= 0.3 is 0 Å². The molecule has 0 radical (unpaired) electrons. The van der Waals surface area contributed by atoms with Crippen molar-refractivity contribution in [1.29, 1.82) is 0 Å². The molecule has 1 unspecified atom stereocenters. The lowest BCUT2D eigenvalue weighted by molar-refractivity contribution is 0.594. The molecule has 1 heteroatoms. The Bertz CT molecular complexity index is 276. The fourth-order valence-electron chi connectivity index (χ4n) is 2.13. The first-order chi connectivity index (χ1) is 6.27. The predicted octanol–water partition coefficient (Wildman–Crippen LogP) is 2.46. The summed E-state index contributed by atoms with van der Waals surface area (Å²) in [4.78, 5) is 0. The summed E-state index contributed by atoms with van der Waals surface area (Å²) in [5, 5.41) is 3.48. The zero-order valence-corrected chi connectivity index (χ0v) is 8.38. The molecule has 0 amide bonds. The maximum Gasteiger partial charge on any atom is 0.0108 e. The molecule has 1 N–H and O–H groups in total. The highest BCUT2D eigenvalue weighted by Crippen LogP contribution is 2.27. The van der Waals surface area contributed by atoms with Gasteiger partial charge in [0.2, 0.25) is 0 Å². The van der Waals surface area contributed by atoms with Gasteiger partial charge in [-0.15, -0.1) is 0 Å². The largest absolute Gasteiger partial charge is 0.314 e. The molecule has 1 heterocycles. The normalized spacial score (nSPS) is 27.8. The van der Waals surface area contributed by atoms with Gasteiger partial charge in [0.05, 0.1) is 0 Å². The van der Waals surface area contributed by atoms with Crippen molar-refractivity contribution in [3.8, 4) is 0 Å². The topological polar surface area (TPSA) is 12.0 Å². The molecule has 0 aromatic heterocycles. The van der Waals surface area contributed by atoms with Gasteiger partial charge in [0.25, 0.3) is 0 Å². The van der Waals surface area contributed by atoms with Crippen LogP contribution in [0.5, 0.6) is 0 Å². The Morgan fingerprint density at radius 1 is 1.23 bits per heavy atom. The van der Waals surface area contributed by atoms with Crippen LogP contribution in [-0.4, -0.2) is 12.6 Å². The van der Waals surface area contributed by atoms with E-state index in [1.807, 2.05) is 0 Å². The van der Waals surface area contributed by atoms with Gasteiger partial charge in [0, 0.05) is 12.0 Å². The number of benzene rings is 1. The van der Waals surface area contributed by atoms with Crippen LogP contribution in [0.1, 0.15) is 30.4 Å². The predicted molar refractivity (Wildman–Crippen MR) is 56.0 cm³/mol. The maximum atomic E-state index is 3.48. The fourth-order valence-corrected chi connectivity index (χ4v) is 2.13. The maximum absolute atomic E-state index is 3.48. The first-order valence-electron chi connectivity index (χ1n) is 5.07. The highest BCUT2D eigenvalue weighted by atomic mass is 14.9. The Labute approximate surface area is 80.2 Å². The van der Waals surface area contributed by atoms with Crippen molar-refractivity contribution in [2.75, 3.05) is 6.54 Å². The number of nitrogens with one attached hydrogen (secondary N) is 1. The van der Waals surface area contributed by atoms with Crippen LogP contribution in [0, 0.1) is 6.92 Å². The van der Waals surface area contributed by atoms with Gasteiger partial charge in [-0.3, -0.25) is 0 Å². The average molecular weight is 175 g/mol. The van der Waals surface area contributed by atoms with E-state index in [2.05, 4.69) is 43.4 Å². The van der Waals surface area contributed by atoms with E-state index >= 15 is 0 Å². The smallest absolute Gasteiger partial charge is 0.0108 e. The van der Waals surface area contributed by atoms with Gasteiger partial charge in [-0.2, -0.15) is 0 Å². The summed E-state index contributed by atoms with van der Waals surface area (Å²) in [6, 6.07) is 9.59. The Morgan fingerprint density at radius 3 is 2.46 bits per heavy atom. The lowest BCUT2D eigenvalue weighted by Crippen LogP contribution is -2.21. The van der Waals surface area contributed by atoms with Gasteiger partial charge in [-0.25, -0.2) is 0 Å². The van der Waals surface area contributed by atoms with E-state index in [1.54, 1.807) is 0 Å². The van der Waals surface area contributed by atoms with Crippen molar-refractivity contribution < 1.29 is 0 Å². The van der Waals surface area contributed by atoms with Gasteiger partial charge in [-0.1, -0.05) is 29.8 Å². The summed E-state index contributed by atoms with van der Waals surface area (Å²) in [7, 11) is 0.